The number of amides is 1. The Morgan fingerprint density at radius 2 is 2.00 bits per heavy atom. The molecule has 20 heavy (non-hydrogen) atoms. The van der Waals surface area contributed by atoms with Crippen LogP contribution >= 0.6 is 11.6 Å². The normalized spacial score (nSPS) is 12.8. The number of hydrogen-bond donors (Lipinski definition) is 3. The van der Waals surface area contributed by atoms with Gasteiger partial charge < -0.3 is 20.1 Å². The van der Waals surface area contributed by atoms with E-state index in [-0.39, 0.29) is 0 Å². The van der Waals surface area contributed by atoms with Crippen molar-refractivity contribution < 1.29 is 19.6 Å². The van der Waals surface area contributed by atoms with Gasteiger partial charge in [-0.2, -0.15) is 0 Å². The summed E-state index contributed by atoms with van der Waals surface area (Å²) in [5, 5.41) is 21.4. The van der Waals surface area contributed by atoms with Crippen LogP contribution in [0.25, 0.3) is 0 Å². The minimum Gasteiger partial charge on any atom is -0.444 e. The average Bonchev–Trinajstić information content (AvgIpc) is 2.26. The third-order valence-electron chi connectivity index (χ3n) is 2.52. The van der Waals surface area contributed by atoms with Crippen molar-refractivity contribution in [1.82, 2.24) is 5.32 Å². The van der Waals surface area contributed by atoms with Crippen LogP contribution in [0.15, 0.2) is 18.2 Å². The second-order valence-corrected chi connectivity index (χ2v) is 5.93. The Morgan fingerprint density at radius 1 is 1.40 bits per heavy atom. The van der Waals surface area contributed by atoms with Crippen molar-refractivity contribution in [2.75, 3.05) is 0 Å². The quantitative estimate of drug-likeness (QED) is 0.741. The van der Waals surface area contributed by atoms with E-state index in [1.54, 1.807) is 33.8 Å². The Hall–Kier alpha value is -1.24. The summed E-state index contributed by atoms with van der Waals surface area (Å²) < 4.78 is 5.16. The number of carbonyl (C=O) groups is 1. The zero-order chi connectivity index (χ0) is 15.5. The predicted molar refractivity (Wildman–Crippen MR) is 79.1 cm³/mol. The lowest BCUT2D eigenvalue weighted by Crippen LogP contribution is -2.35. The number of benzene rings is 1. The number of alkyl carbamates (subject to hydrolysis) is 1. The fourth-order valence-electron chi connectivity index (χ4n) is 1.62. The van der Waals surface area contributed by atoms with Crippen LogP contribution in [0.5, 0.6) is 0 Å². The van der Waals surface area contributed by atoms with Gasteiger partial charge in [0.25, 0.3) is 0 Å². The monoisotopic (exact) mass is 299 g/mol. The van der Waals surface area contributed by atoms with Gasteiger partial charge in [0.2, 0.25) is 0 Å². The van der Waals surface area contributed by atoms with E-state index in [1.165, 1.54) is 12.1 Å². The lowest BCUT2D eigenvalue weighted by molar-refractivity contribution is 0.0508. The zero-order valence-corrected chi connectivity index (χ0v) is 12.7. The Balaban J connectivity index is 2.84. The minimum absolute atomic E-state index is 0.308. The second-order valence-electron chi connectivity index (χ2n) is 5.52. The number of rotatable bonds is 3. The highest BCUT2D eigenvalue weighted by molar-refractivity contribution is 6.58. The predicted octanol–water partition coefficient (Wildman–Crippen LogP) is 1.61. The number of carbonyl (C=O) groups excluding carboxylic acids is 1. The van der Waals surface area contributed by atoms with Gasteiger partial charge in [0.15, 0.2) is 0 Å². The summed E-state index contributed by atoms with van der Waals surface area (Å²) in [6, 6.07) is 4.18. The van der Waals surface area contributed by atoms with Crippen LogP contribution in [0.4, 0.5) is 4.79 Å². The van der Waals surface area contributed by atoms with Crippen LogP contribution in [-0.2, 0) is 4.74 Å². The molecule has 0 aliphatic rings. The lowest BCUT2D eigenvalue weighted by atomic mass is 9.79. The molecule has 1 aromatic rings. The molecule has 0 spiro atoms. The highest BCUT2D eigenvalue weighted by atomic mass is 35.5. The van der Waals surface area contributed by atoms with E-state index in [0.717, 1.165) is 0 Å². The maximum Gasteiger partial charge on any atom is 0.488 e. The minimum atomic E-state index is -1.58. The molecule has 0 saturated carbocycles. The number of halogens is 1. The van der Waals surface area contributed by atoms with Crippen molar-refractivity contribution in [3.8, 4) is 0 Å². The van der Waals surface area contributed by atoms with Gasteiger partial charge >= 0.3 is 13.2 Å². The van der Waals surface area contributed by atoms with Gasteiger partial charge in [-0.25, -0.2) is 4.79 Å². The summed E-state index contributed by atoms with van der Waals surface area (Å²) in [6.45, 7) is 7.05. The smallest absolute Gasteiger partial charge is 0.444 e. The molecule has 0 bridgehead atoms. The van der Waals surface area contributed by atoms with Gasteiger partial charge in [-0.05, 0) is 44.8 Å². The Kier molecular flexibility index (Phi) is 5.45. The van der Waals surface area contributed by atoms with E-state index >= 15 is 0 Å². The van der Waals surface area contributed by atoms with Crippen molar-refractivity contribution in [1.29, 1.82) is 0 Å². The van der Waals surface area contributed by atoms with Gasteiger partial charge in [0.05, 0.1) is 6.04 Å². The lowest BCUT2D eigenvalue weighted by Gasteiger charge is -2.22. The topological polar surface area (TPSA) is 78.8 Å². The molecule has 1 aromatic carbocycles. The second kappa shape index (κ2) is 6.48. The molecule has 1 amide bonds. The van der Waals surface area contributed by atoms with Crippen molar-refractivity contribution >= 4 is 30.3 Å². The number of ether oxygens (including phenoxy) is 1. The highest BCUT2D eigenvalue weighted by Gasteiger charge is 2.21. The first-order chi connectivity index (χ1) is 9.10. The molecule has 0 aliphatic heterocycles. The van der Waals surface area contributed by atoms with E-state index in [1.807, 2.05) is 0 Å². The third-order valence-corrected chi connectivity index (χ3v) is 2.86. The fourth-order valence-corrected chi connectivity index (χ4v) is 1.90. The largest absolute Gasteiger partial charge is 0.488 e. The van der Waals surface area contributed by atoms with Gasteiger partial charge in [0.1, 0.15) is 5.60 Å². The van der Waals surface area contributed by atoms with Crippen molar-refractivity contribution in [2.45, 2.75) is 39.3 Å². The molecule has 110 valence electrons. The molecule has 0 heterocycles. The van der Waals surface area contributed by atoms with Crippen LogP contribution in [0.1, 0.15) is 39.3 Å². The Bertz CT molecular complexity index is 488. The Labute approximate surface area is 124 Å². The molecule has 0 aliphatic carbocycles. The molecule has 0 radical (unpaired) electrons. The Morgan fingerprint density at radius 3 is 2.50 bits per heavy atom. The van der Waals surface area contributed by atoms with E-state index in [4.69, 9.17) is 26.4 Å². The summed E-state index contributed by atoms with van der Waals surface area (Å²) in [4.78, 5) is 11.7. The van der Waals surface area contributed by atoms with Crippen LogP contribution < -0.4 is 10.8 Å². The first-order valence-electron chi connectivity index (χ1n) is 6.25. The van der Waals surface area contributed by atoms with Crippen LogP contribution in [-0.4, -0.2) is 28.9 Å². The summed E-state index contributed by atoms with van der Waals surface area (Å²) >= 11 is 6.06. The van der Waals surface area contributed by atoms with Gasteiger partial charge in [-0.15, -0.1) is 0 Å². The average molecular weight is 300 g/mol. The van der Waals surface area contributed by atoms with E-state index < -0.39 is 24.9 Å². The molecular weight excluding hydrogens is 280 g/mol. The van der Waals surface area contributed by atoms with Gasteiger partial charge in [0, 0.05) is 5.02 Å². The van der Waals surface area contributed by atoms with Crippen molar-refractivity contribution in [3.63, 3.8) is 0 Å². The standard InChI is InChI=1S/C13H19BClNO4/c1-8(16-12(17)20-13(2,3)4)10-7-9(14(18)19)5-6-11(10)15/h5-8,18-19H,1-4H3,(H,16,17). The van der Waals surface area contributed by atoms with E-state index in [9.17, 15) is 4.79 Å². The van der Waals surface area contributed by atoms with Crippen LogP contribution in [0.2, 0.25) is 5.02 Å². The van der Waals surface area contributed by atoms with Crippen molar-refractivity contribution in [2.24, 2.45) is 0 Å². The summed E-state index contributed by atoms with van der Waals surface area (Å²) in [5.41, 5.74) is 0.307. The molecular formula is C13H19BClNO4. The molecule has 0 saturated heterocycles. The molecule has 0 aromatic heterocycles. The molecule has 1 rings (SSSR count). The summed E-state index contributed by atoms with van der Waals surface area (Å²) in [7, 11) is -1.58. The maximum atomic E-state index is 11.7. The van der Waals surface area contributed by atoms with Gasteiger partial charge in [-0.3, -0.25) is 0 Å². The van der Waals surface area contributed by atoms with Crippen molar-refractivity contribution in [3.05, 3.63) is 28.8 Å². The maximum absolute atomic E-state index is 11.7. The molecule has 7 heteroatoms. The summed E-state index contributed by atoms with van der Waals surface area (Å²) in [5.74, 6) is 0. The number of hydrogen-bond acceptors (Lipinski definition) is 4. The molecule has 1 atom stereocenters. The van der Waals surface area contributed by atoms with E-state index in [2.05, 4.69) is 5.32 Å². The number of nitrogens with one attached hydrogen (secondary N) is 1. The SMILES string of the molecule is CC(NC(=O)OC(C)(C)C)c1cc(B(O)O)ccc1Cl. The fraction of sp³-hybridized carbons (Fsp3) is 0.462. The molecule has 0 fully saturated rings. The molecule has 5 nitrogen and oxygen atoms in total. The molecule has 1 unspecified atom stereocenters. The van der Waals surface area contributed by atoms with Crippen LogP contribution in [0.3, 0.4) is 0 Å². The summed E-state index contributed by atoms with van der Waals surface area (Å²) in [6.07, 6.45) is -0.559. The molecule has 3 N–H and O–H groups in total. The first-order valence-corrected chi connectivity index (χ1v) is 6.63. The zero-order valence-electron chi connectivity index (χ0n) is 12.0. The first kappa shape index (κ1) is 16.8. The van der Waals surface area contributed by atoms with Crippen LogP contribution in [0, 0.1) is 0 Å². The van der Waals surface area contributed by atoms with E-state index in [0.29, 0.717) is 16.0 Å². The van der Waals surface area contributed by atoms with Gasteiger partial charge in [-0.1, -0.05) is 23.7 Å². The third kappa shape index (κ3) is 5.04. The highest BCUT2D eigenvalue weighted by Crippen LogP contribution is 2.22.